The van der Waals surface area contributed by atoms with Gasteiger partial charge < -0.3 is 14.8 Å². The van der Waals surface area contributed by atoms with Gasteiger partial charge in [0.05, 0.1) is 20.1 Å². The van der Waals surface area contributed by atoms with Crippen LogP contribution in [0.3, 0.4) is 0 Å². The summed E-state index contributed by atoms with van der Waals surface area (Å²) in [6.07, 6.45) is 1.43. The van der Waals surface area contributed by atoms with Crippen LogP contribution >= 0.6 is 0 Å². The molecule has 1 N–H and O–H groups in total. The second-order valence-corrected chi connectivity index (χ2v) is 4.61. The average molecular weight is 293 g/mol. The summed E-state index contributed by atoms with van der Waals surface area (Å²) in [5, 5.41) is 3.27. The zero-order valence-electron chi connectivity index (χ0n) is 12.7. The lowest BCUT2D eigenvalue weighted by Gasteiger charge is -2.10. The standard InChI is InChI=1S/C16H23NO4/c1-3-21-15(18)9-6-10-17-12-14-8-5-4-7-13(14)11-16(19)20-2/h4-5,7-8,17H,3,6,9-12H2,1-2H3. The maximum absolute atomic E-state index is 11.4. The van der Waals surface area contributed by atoms with E-state index < -0.39 is 0 Å². The molecule has 0 aliphatic heterocycles. The monoisotopic (exact) mass is 293 g/mol. The number of hydrogen-bond acceptors (Lipinski definition) is 5. The minimum Gasteiger partial charge on any atom is -0.469 e. The van der Waals surface area contributed by atoms with Gasteiger partial charge in [0.1, 0.15) is 0 Å². The lowest BCUT2D eigenvalue weighted by molar-refractivity contribution is -0.143. The SMILES string of the molecule is CCOC(=O)CCCNCc1ccccc1CC(=O)OC. The van der Waals surface area contributed by atoms with Gasteiger partial charge in [0.2, 0.25) is 0 Å². The summed E-state index contributed by atoms with van der Waals surface area (Å²) < 4.78 is 9.55. The van der Waals surface area contributed by atoms with Crippen LogP contribution in [0.2, 0.25) is 0 Å². The van der Waals surface area contributed by atoms with Crippen molar-refractivity contribution < 1.29 is 19.1 Å². The normalized spacial score (nSPS) is 10.2. The van der Waals surface area contributed by atoms with Gasteiger partial charge >= 0.3 is 11.9 Å². The zero-order valence-corrected chi connectivity index (χ0v) is 12.7. The third-order valence-corrected chi connectivity index (χ3v) is 3.04. The van der Waals surface area contributed by atoms with Crippen LogP contribution in [0.15, 0.2) is 24.3 Å². The van der Waals surface area contributed by atoms with Crippen molar-refractivity contribution in [3.8, 4) is 0 Å². The maximum Gasteiger partial charge on any atom is 0.309 e. The number of hydrogen-bond donors (Lipinski definition) is 1. The molecule has 0 unspecified atom stereocenters. The fourth-order valence-corrected chi connectivity index (χ4v) is 1.94. The fraction of sp³-hybridized carbons (Fsp3) is 0.500. The Hall–Kier alpha value is -1.88. The molecule has 0 saturated carbocycles. The molecular weight excluding hydrogens is 270 g/mol. The Balaban J connectivity index is 2.35. The van der Waals surface area contributed by atoms with Gasteiger partial charge in [-0.15, -0.1) is 0 Å². The van der Waals surface area contributed by atoms with Gasteiger partial charge in [-0.2, -0.15) is 0 Å². The molecule has 0 amide bonds. The summed E-state index contributed by atoms with van der Waals surface area (Å²) in [6.45, 7) is 3.61. The minimum atomic E-state index is -0.246. The molecule has 0 radical (unpaired) electrons. The van der Waals surface area contributed by atoms with E-state index in [0.717, 1.165) is 24.1 Å². The molecule has 5 nitrogen and oxygen atoms in total. The molecule has 21 heavy (non-hydrogen) atoms. The highest BCUT2D eigenvalue weighted by Crippen LogP contribution is 2.10. The smallest absolute Gasteiger partial charge is 0.309 e. The molecule has 0 aromatic heterocycles. The Kier molecular flexibility index (Phi) is 8.12. The van der Waals surface area contributed by atoms with E-state index in [9.17, 15) is 9.59 Å². The molecule has 1 aromatic rings. The van der Waals surface area contributed by atoms with E-state index in [2.05, 4.69) is 5.32 Å². The van der Waals surface area contributed by atoms with Crippen LogP contribution in [0.4, 0.5) is 0 Å². The van der Waals surface area contributed by atoms with Gasteiger partial charge in [-0.1, -0.05) is 24.3 Å². The summed E-state index contributed by atoms with van der Waals surface area (Å²) in [4.78, 5) is 22.5. The Bertz CT molecular complexity index is 459. The van der Waals surface area contributed by atoms with Crippen LogP contribution in [0.5, 0.6) is 0 Å². The van der Waals surface area contributed by atoms with Gasteiger partial charge in [0.25, 0.3) is 0 Å². The fourth-order valence-electron chi connectivity index (χ4n) is 1.94. The van der Waals surface area contributed by atoms with Crippen LogP contribution in [-0.2, 0) is 32.0 Å². The molecule has 0 aliphatic carbocycles. The molecule has 1 aromatic carbocycles. The quantitative estimate of drug-likeness (QED) is 0.556. The number of esters is 2. The highest BCUT2D eigenvalue weighted by Gasteiger charge is 2.07. The van der Waals surface area contributed by atoms with Crippen LogP contribution in [-0.4, -0.2) is 32.2 Å². The minimum absolute atomic E-state index is 0.162. The Morgan fingerprint density at radius 2 is 1.86 bits per heavy atom. The summed E-state index contributed by atoms with van der Waals surface area (Å²) in [5.74, 6) is -0.407. The van der Waals surface area contributed by atoms with Gasteiger partial charge in [-0.3, -0.25) is 9.59 Å². The Morgan fingerprint density at radius 3 is 2.52 bits per heavy atom. The van der Waals surface area contributed by atoms with Crippen molar-refractivity contribution in [1.29, 1.82) is 0 Å². The number of carbonyl (C=O) groups excluding carboxylic acids is 2. The number of ether oxygens (including phenoxy) is 2. The van der Waals surface area contributed by atoms with Crippen LogP contribution in [0, 0.1) is 0 Å². The molecule has 0 spiro atoms. The molecule has 0 bridgehead atoms. The Morgan fingerprint density at radius 1 is 1.14 bits per heavy atom. The van der Waals surface area contributed by atoms with Crippen LogP contribution in [0.1, 0.15) is 30.9 Å². The summed E-state index contributed by atoms with van der Waals surface area (Å²) in [5.41, 5.74) is 2.03. The van der Waals surface area contributed by atoms with Gasteiger partial charge in [-0.05, 0) is 31.0 Å². The second-order valence-electron chi connectivity index (χ2n) is 4.61. The van der Waals surface area contributed by atoms with Crippen molar-refractivity contribution in [3.63, 3.8) is 0 Å². The number of benzene rings is 1. The first-order chi connectivity index (χ1) is 10.2. The number of carbonyl (C=O) groups is 2. The van der Waals surface area contributed by atoms with Gasteiger partial charge in [0.15, 0.2) is 0 Å². The lowest BCUT2D eigenvalue weighted by Crippen LogP contribution is -2.18. The topological polar surface area (TPSA) is 64.6 Å². The summed E-state index contributed by atoms with van der Waals surface area (Å²) in [6, 6.07) is 7.75. The van der Waals surface area contributed by atoms with Crippen molar-refractivity contribution in [2.75, 3.05) is 20.3 Å². The lowest BCUT2D eigenvalue weighted by atomic mass is 10.0. The van der Waals surface area contributed by atoms with E-state index in [4.69, 9.17) is 9.47 Å². The summed E-state index contributed by atoms with van der Waals surface area (Å²) >= 11 is 0. The van der Waals surface area contributed by atoms with Crippen LogP contribution in [0.25, 0.3) is 0 Å². The number of nitrogens with one attached hydrogen (secondary N) is 1. The van der Waals surface area contributed by atoms with Crippen molar-refractivity contribution in [1.82, 2.24) is 5.32 Å². The molecule has 0 atom stereocenters. The predicted molar refractivity (Wildman–Crippen MR) is 79.7 cm³/mol. The van der Waals surface area contributed by atoms with E-state index in [-0.39, 0.29) is 18.4 Å². The predicted octanol–water partition coefficient (Wildman–Crippen LogP) is 1.83. The Labute approximate surface area is 125 Å². The van der Waals surface area contributed by atoms with E-state index in [1.807, 2.05) is 24.3 Å². The van der Waals surface area contributed by atoms with E-state index in [1.54, 1.807) is 6.92 Å². The zero-order chi connectivity index (χ0) is 15.5. The van der Waals surface area contributed by atoms with Crippen molar-refractivity contribution in [2.45, 2.75) is 32.7 Å². The third-order valence-electron chi connectivity index (χ3n) is 3.04. The van der Waals surface area contributed by atoms with Crippen molar-refractivity contribution in [2.24, 2.45) is 0 Å². The molecule has 5 heteroatoms. The van der Waals surface area contributed by atoms with Crippen LogP contribution < -0.4 is 5.32 Å². The molecular formula is C16H23NO4. The second kappa shape index (κ2) is 9.94. The van der Waals surface area contributed by atoms with Crippen molar-refractivity contribution >= 4 is 11.9 Å². The molecule has 0 fully saturated rings. The third kappa shape index (κ3) is 6.90. The maximum atomic E-state index is 11.4. The molecule has 0 aliphatic rings. The highest BCUT2D eigenvalue weighted by molar-refractivity contribution is 5.72. The van der Waals surface area contributed by atoms with Crippen molar-refractivity contribution in [3.05, 3.63) is 35.4 Å². The largest absolute Gasteiger partial charge is 0.469 e. The molecule has 1 rings (SSSR count). The van der Waals surface area contributed by atoms with E-state index in [1.165, 1.54) is 7.11 Å². The molecule has 0 heterocycles. The molecule has 116 valence electrons. The first kappa shape index (κ1) is 17.2. The highest BCUT2D eigenvalue weighted by atomic mass is 16.5. The first-order valence-corrected chi connectivity index (χ1v) is 7.17. The van der Waals surface area contributed by atoms with E-state index in [0.29, 0.717) is 19.6 Å². The number of methoxy groups -OCH3 is 1. The van der Waals surface area contributed by atoms with Gasteiger partial charge in [0, 0.05) is 13.0 Å². The first-order valence-electron chi connectivity index (χ1n) is 7.17. The van der Waals surface area contributed by atoms with E-state index >= 15 is 0 Å². The summed E-state index contributed by atoms with van der Waals surface area (Å²) in [7, 11) is 1.39. The average Bonchev–Trinajstić information content (AvgIpc) is 2.48. The molecule has 0 saturated heterocycles. The number of rotatable bonds is 9. The van der Waals surface area contributed by atoms with Gasteiger partial charge in [-0.25, -0.2) is 0 Å².